The van der Waals surface area contributed by atoms with Crippen LogP contribution in [0, 0.1) is 11.0 Å². The Labute approximate surface area is 185 Å². The van der Waals surface area contributed by atoms with E-state index in [-0.39, 0.29) is 5.82 Å². The number of halogens is 1. The fourth-order valence-electron chi connectivity index (χ4n) is 4.08. The van der Waals surface area contributed by atoms with E-state index in [1.807, 2.05) is 48.5 Å². The van der Waals surface area contributed by atoms with E-state index in [9.17, 15) is 9.60 Å². The first-order valence-electron chi connectivity index (χ1n) is 10.6. The summed E-state index contributed by atoms with van der Waals surface area (Å²) in [6.45, 7) is 1.54. The van der Waals surface area contributed by atoms with Gasteiger partial charge in [0, 0.05) is 5.56 Å². The van der Waals surface area contributed by atoms with Gasteiger partial charge in [0.05, 0.1) is 30.2 Å². The molecule has 0 atom stereocenters. The van der Waals surface area contributed by atoms with Crippen LogP contribution in [-0.2, 0) is 11.3 Å². The molecule has 0 N–H and O–H groups in total. The van der Waals surface area contributed by atoms with Gasteiger partial charge in [-0.1, -0.05) is 48.5 Å². The Kier molecular flexibility index (Phi) is 5.57. The zero-order valence-corrected chi connectivity index (χ0v) is 17.5. The van der Waals surface area contributed by atoms with Crippen LogP contribution in [0.5, 0.6) is 5.75 Å². The van der Waals surface area contributed by atoms with Crippen LogP contribution in [0.2, 0.25) is 0 Å². The monoisotopic (exact) mass is 427 g/mol. The number of nitrogens with zero attached hydrogens (tertiary/aromatic N) is 1. The van der Waals surface area contributed by atoms with Crippen LogP contribution in [-0.4, -0.2) is 13.2 Å². The van der Waals surface area contributed by atoms with E-state index in [1.165, 1.54) is 12.1 Å². The molecule has 3 aromatic carbocycles. The largest absolute Gasteiger partial charge is 0.618 e. The molecule has 5 rings (SSSR count). The highest BCUT2D eigenvalue weighted by Crippen LogP contribution is 2.37. The zero-order chi connectivity index (χ0) is 21.9. The van der Waals surface area contributed by atoms with E-state index >= 15 is 0 Å². The van der Waals surface area contributed by atoms with Crippen LogP contribution in [0.3, 0.4) is 0 Å². The third-order valence-electron chi connectivity index (χ3n) is 5.68. The molecule has 0 bridgehead atoms. The summed E-state index contributed by atoms with van der Waals surface area (Å²) < 4.78 is 25.9. The molecular weight excluding hydrogens is 405 g/mol. The highest BCUT2D eigenvalue weighted by Gasteiger charge is 2.21. The number of fused-ring (bicyclic) bond motifs is 1. The summed E-state index contributed by atoms with van der Waals surface area (Å²) in [5.74, 6) is 0.324. The lowest BCUT2D eigenvalue weighted by Gasteiger charge is -2.19. The number of benzene rings is 3. The van der Waals surface area contributed by atoms with Crippen molar-refractivity contribution >= 4 is 16.5 Å². The molecule has 1 aliphatic heterocycles. The minimum atomic E-state index is -0.295. The van der Waals surface area contributed by atoms with Crippen LogP contribution in [0.1, 0.15) is 17.5 Å². The van der Waals surface area contributed by atoms with Crippen LogP contribution in [0.15, 0.2) is 85.1 Å². The minimum absolute atomic E-state index is 0.295. The lowest BCUT2D eigenvalue weighted by Crippen LogP contribution is -2.28. The van der Waals surface area contributed by atoms with Gasteiger partial charge in [-0.25, -0.2) is 4.39 Å². The molecule has 4 aromatic rings. The van der Waals surface area contributed by atoms with Crippen LogP contribution in [0.25, 0.3) is 27.6 Å². The lowest BCUT2D eigenvalue weighted by molar-refractivity contribution is -0.577. The molecule has 0 radical (unpaired) electrons. The van der Waals surface area contributed by atoms with Crippen molar-refractivity contribution in [1.82, 2.24) is 0 Å². The molecule has 0 amide bonds. The van der Waals surface area contributed by atoms with Gasteiger partial charge in [-0.2, -0.15) is 4.73 Å². The van der Waals surface area contributed by atoms with Crippen molar-refractivity contribution in [2.45, 2.75) is 13.0 Å². The molecule has 0 unspecified atom stereocenters. The van der Waals surface area contributed by atoms with E-state index in [0.717, 1.165) is 44.4 Å². The molecule has 1 aromatic heterocycles. The maximum absolute atomic E-state index is 13.6. The molecule has 0 saturated heterocycles. The first kappa shape index (κ1) is 20.2. The summed E-state index contributed by atoms with van der Waals surface area (Å²) >= 11 is 0. The lowest BCUT2D eigenvalue weighted by atomic mass is 9.90. The van der Waals surface area contributed by atoms with Gasteiger partial charge in [0.25, 0.3) is 0 Å². The molecular formula is C27H22FNO3. The molecule has 0 fully saturated rings. The zero-order valence-electron chi connectivity index (χ0n) is 17.5. The smallest absolute Gasteiger partial charge is 0.228 e. The highest BCUT2D eigenvalue weighted by atomic mass is 19.1. The molecule has 2 heterocycles. The fourth-order valence-corrected chi connectivity index (χ4v) is 4.08. The molecule has 160 valence electrons. The summed E-state index contributed by atoms with van der Waals surface area (Å²) in [4.78, 5) is 0. The van der Waals surface area contributed by atoms with Crippen molar-refractivity contribution in [2.24, 2.45) is 0 Å². The van der Waals surface area contributed by atoms with E-state index < -0.39 is 0 Å². The molecule has 0 saturated carbocycles. The third kappa shape index (κ3) is 4.07. The minimum Gasteiger partial charge on any atom is -0.618 e. The Morgan fingerprint density at radius 2 is 1.81 bits per heavy atom. The summed E-state index contributed by atoms with van der Waals surface area (Å²) in [5, 5.41) is 13.8. The average Bonchev–Trinajstić information content (AvgIpc) is 2.85. The third-order valence-corrected chi connectivity index (χ3v) is 5.68. The van der Waals surface area contributed by atoms with Crippen molar-refractivity contribution in [3.8, 4) is 16.9 Å². The Bertz CT molecular complexity index is 1280. The van der Waals surface area contributed by atoms with Gasteiger partial charge in [0.2, 0.25) is 5.52 Å². The van der Waals surface area contributed by atoms with Crippen molar-refractivity contribution < 1.29 is 18.6 Å². The van der Waals surface area contributed by atoms with Gasteiger partial charge in [0.15, 0.2) is 6.20 Å². The van der Waals surface area contributed by atoms with E-state index in [4.69, 9.17) is 9.47 Å². The Hall–Kier alpha value is -3.70. The summed E-state index contributed by atoms with van der Waals surface area (Å²) in [6.07, 6.45) is 4.34. The predicted octanol–water partition coefficient (Wildman–Crippen LogP) is 5.66. The second-order valence-electron chi connectivity index (χ2n) is 7.76. The van der Waals surface area contributed by atoms with Gasteiger partial charge in [0.1, 0.15) is 18.2 Å². The molecule has 0 aliphatic carbocycles. The average molecular weight is 427 g/mol. The maximum atomic E-state index is 13.6. The maximum Gasteiger partial charge on any atom is 0.228 e. The molecule has 0 spiro atoms. The van der Waals surface area contributed by atoms with Crippen molar-refractivity contribution in [3.05, 3.63) is 107 Å². The van der Waals surface area contributed by atoms with Gasteiger partial charge in [-0.05, 0) is 47.4 Å². The second kappa shape index (κ2) is 8.81. The first-order valence-corrected chi connectivity index (χ1v) is 10.6. The number of aromatic nitrogens is 1. The van der Waals surface area contributed by atoms with Crippen LogP contribution in [0.4, 0.5) is 4.39 Å². The van der Waals surface area contributed by atoms with Gasteiger partial charge < -0.3 is 14.7 Å². The normalized spacial score (nSPS) is 13.7. The number of rotatable bonds is 5. The number of ether oxygens (including phenoxy) is 2. The number of pyridine rings is 1. The quantitative estimate of drug-likeness (QED) is 0.305. The fraction of sp³-hybridized carbons (Fsp3) is 0.148. The van der Waals surface area contributed by atoms with E-state index in [0.29, 0.717) is 31.1 Å². The highest BCUT2D eigenvalue weighted by molar-refractivity contribution is 5.99. The number of hydrogen-bond donors (Lipinski definition) is 0. The summed E-state index contributed by atoms with van der Waals surface area (Å²) in [7, 11) is 0. The van der Waals surface area contributed by atoms with Crippen molar-refractivity contribution in [3.63, 3.8) is 0 Å². The standard InChI is InChI=1S/C27H22FNO3/c28-22-8-6-21(7-9-22)27-24-11-10-23(32-18-19-4-2-1-3-5-19)16-26(24)29(30)17-25(27)20-12-14-31-15-13-20/h1-12,16-17H,13-15,18H2. The van der Waals surface area contributed by atoms with Crippen molar-refractivity contribution in [2.75, 3.05) is 13.2 Å². The van der Waals surface area contributed by atoms with Crippen LogP contribution < -0.4 is 9.47 Å². The van der Waals surface area contributed by atoms with E-state index in [1.54, 1.807) is 24.4 Å². The Morgan fingerprint density at radius 1 is 1.00 bits per heavy atom. The van der Waals surface area contributed by atoms with Gasteiger partial charge >= 0.3 is 0 Å². The van der Waals surface area contributed by atoms with E-state index in [2.05, 4.69) is 0 Å². The first-order chi connectivity index (χ1) is 15.7. The van der Waals surface area contributed by atoms with Crippen molar-refractivity contribution in [1.29, 1.82) is 0 Å². The SMILES string of the molecule is [O-][n+]1cc(C2=CCOCC2)c(-c2ccc(F)cc2)c2ccc(OCc3ccccc3)cc21. The molecule has 1 aliphatic rings. The predicted molar refractivity (Wildman–Crippen MR) is 122 cm³/mol. The Morgan fingerprint density at radius 3 is 2.56 bits per heavy atom. The summed E-state index contributed by atoms with van der Waals surface area (Å²) in [5.41, 5.74) is 5.24. The van der Waals surface area contributed by atoms with Crippen LogP contribution >= 0.6 is 0 Å². The summed E-state index contributed by atoms with van der Waals surface area (Å²) in [6, 6.07) is 21.8. The Balaban J connectivity index is 1.62. The van der Waals surface area contributed by atoms with Gasteiger partial charge in [-0.15, -0.1) is 0 Å². The molecule has 32 heavy (non-hydrogen) atoms. The molecule has 5 heteroatoms. The number of hydrogen-bond acceptors (Lipinski definition) is 3. The van der Waals surface area contributed by atoms with Gasteiger partial charge in [-0.3, -0.25) is 0 Å². The molecule has 4 nitrogen and oxygen atoms in total. The topological polar surface area (TPSA) is 45.4 Å². The second-order valence-corrected chi connectivity index (χ2v) is 7.76.